The number of nitriles is 1. The van der Waals surface area contributed by atoms with E-state index in [9.17, 15) is 10.1 Å². The molecule has 0 aliphatic heterocycles. The smallest absolute Gasteiger partial charge is 0.266 e. The number of anilines is 1. The number of rotatable bonds is 7. The van der Waals surface area contributed by atoms with E-state index in [2.05, 4.69) is 36.5 Å². The number of carbonyl (C=O) groups is 1. The molecule has 4 aromatic carbocycles. The highest BCUT2D eigenvalue weighted by atomic mass is 16.5. The third-order valence-electron chi connectivity index (χ3n) is 5.54. The van der Waals surface area contributed by atoms with Crippen LogP contribution in [0.3, 0.4) is 0 Å². The molecule has 0 heterocycles. The summed E-state index contributed by atoms with van der Waals surface area (Å²) in [5.41, 5.74) is 3.55. The second-order valence-electron chi connectivity index (χ2n) is 7.77. The molecule has 0 atom stereocenters. The van der Waals surface area contributed by atoms with Gasteiger partial charge in [0.1, 0.15) is 18.2 Å². The van der Waals surface area contributed by atoms with Crippen LogP contribution in [0.1, 0.15) is 16.7 Å². The monoisotopic (exact) mass is 448 g/mol. The van der Waals surface area contributed by atoms with Crippen LogP contribution in [-0.4, -0.2) is 13.0 Å². The molecule has 0 aliphatic carbocycles. The van der Waals surface area contributed by atoms with Crippen molar-refractivity contribution in [1.29, 1.82) is 5.26 Å². The highest BCUT2D eigenvalue weighted by Crippen LogP contribution is 2.31. The van der Waals surface area contributed by atoms with Crippen molar-refractivity contribution in [2.45, 2.75) is 13.5 Å². The second kappa shape index (κ2) is 10.4. The fraction of sp³-hybridized carbons (Fsp3) is 0.103. The van der Waals surface area contributed by atoms with E-state index in [4.69, 9.17) is 9.47 Å². The Hall–Kier alpha value is -4.56. The number of fused-ring (bicyclic) bond motifs is 1. The van der Waals surface area contributed by atoms with E-state index in [-0.39, 0.29) is 5.57 Å². The van der Waals surface area contributed by atoms with Gasteiger partial charge in [-0.05, 0) is 59.2 Å². The Morgan fingerprint density at radius 1 is 0.971 bits per heavy atom. The summed E-state index contributed by atoms with van der Waals surface area (Å²) < 4.78 is 11.7. The molecule has 4 rings (SSSR count). The Balaban J connectivity index is 1.54. The van der Waals surface area contributed by atoms with Gasteiger partial charge >= 0.3 is 0 Å². The van der Waals surface area contributed by atoms with E-state index in [0.717, 1.165) is 21.9 Å². The largest absolute Gasteiger partial charge is 0.493 e. The molecule has 0 aliphatic rings. The van der Waals surface area contributed by atoms with Gasteiger partial charge in [-0.3, -0.25) is 4.79 Å². The van der Waals surface area contributed by atoms with E-state index in [1.165, 1.54) is 6.08 Å². The minimum Gasteiger partial charge on any atom is -0.493 e. The number of carbonyl (C=O) groups excluding carboxylic acids is 1. The molecule has 0 fully saturated rings. The first-order valence-corrected chi connectivity index (χ1v) is 10.9. The lowest BCUT2D eigenvalue weighted by atomic mass is 10.0. The molecular formula is C29H24N2O3. The third-order valence-corrected chi connectivity index (χ3v) is 5.54. The number of hydrogen-bond donors (Lipinski definition) is 1. The Bertz CT molecular complexity index is 1400. The maximum atomic E-state index is 12.5. The van der Waals surface area contributed by atoms with Crippen LogP contribution in [0.15, 0.2) is 90.5 Å². The fourth-order valence-corrected chi connectivity index (χ4v) is 3.71. The Morgan fingerprint density at radius 3 is 2.50 bits per heavy atom. The molecule has 4 aromatic rings. The number of nitrogens with zero attached hydrogens (tertiary/aromatic N) is 1. The predicted octanol–water partition coefficient (Wildman–Crippen LogP) is 6.28. The normalized spacial score (nSPS) is 11.0. The Kier molecular flexibility index (Phi) is 6.90. The summed E-state index contributed by atoms with van der Waals surface area (Å²) in [5.74, 6) is 0.631. The number of aryl methyl sites for hydroxylation is 1. The number of para-hydroxylation sites is 1. The summed E-state index contributed by atoms with van der Waals surface area (Å²) in [6.45, 7) is 2.46. The van der Waals surface area contributed by atoms with Gasteiger partial charge in [0.2, 0.25) is 0 Å². The van der Waals surface area contributed by atoms with Crippen molar-refractivity contribution in [1.82, 2.24) is 0 Å². The first kappa shape index (κ1) is 22.6. The van der Waals surface area contributed by atoms with E-state index < -0.39 is 5.91 Å². The number of amides is 1. The highest BCUT2D eigenvalue weighted by molar-refractivity contribution is 6.09. The molecule has 0 bridgehead atoms. The number of benzene rings is 4. The molecule has 5 heteroatoms. The topological polar surface area (TPSA) is 71.3 Å². The van der Waals surface area contributed by atoms with Crippen LogP contribution in [0.2, 0.25) is 0 Å². The van der Waals surface area contributed by atoms with Gasteiger partial charge in [0.05, 0.1) is 7.11 Å². The molecular weight excluding hydrogens is 424 g/mol. The minimum atomic E-state index is -0.473. The van der Waals surface area contributed by atoms with Gasteiger partial charge in [-0.1, -0.05) is 60.7 Å². The molecule has 1 amide bonds. The van der Waals surface area contributed by atoms with Crippen molar-refractivity contribution < 1.29 is 14.3 Å². The van der Waals surface area contributed by atoms with E-state index in [1.807, 2.05) is 36.4 Å². The molecule has 168 valence electrons. The summed E-state index contributed by atoms with van der Waals surface area (Å²) in [4.78, 5) is 12.5. The van der Waals surface area contributed by atoms with Crippen molar-refractivity contribution in [3.8, 4) is 17.6 Å². The van der Waals surface area contributed by atoms with Crippen LogP contribution in [0, 0.1) is 18.3 Å². The van der Waals surface area contributed by atoms with Crippen LogP contribution in [-0.2, 0) is 11.4 Å². The number of nitrogens with one attached hydrogen (secondary N) is 1. The number of hydrogen-bond acceptors (Lipinski definition) is 4. The van der Waals surface area contributed by atoms with Crippen molar-refractivity contribution >= 4 is 28.4 Å². The fourth-order valence-electron chi connectivity index (χ4n) is 3.71. The highest BCUT2D eigenvalue weighted by Gasteiger charge is 2.12. The van der Waals surface area contributed by atoms with Crippen LogP contribution < -0.4 is 14.8 Å². The van der Waals surface area contributed by atoms with Gasteiger partial charge < -0.3 is 14.8 Å². The average molecular weight is 449 g/mol. The number of methoxy groups -OCH3 is 1. The lowest BCUT2D eigenvalue weighted by molar-refractivity contribution is -0.112. The lowest BCUT2D eigenvalue weighted by Crippen LogP contribution is -2.13. The summed E-state index contributed by atoms with van der Waals surface area (Å²) in [7, 11) is 1.56. The van der Waals surface area contributed by atoms with E-state index in [1.54, 1.807) is 37.4 Å². The lowest BCUT2D eigenvalue weighted by Gasteiger charge is -2.14. The van der Waals surface area contributed by atoms with Gasteiger partial charge in [0.25, 0.3) is 5.91 Å². The molecule has 0 saturated heterocycles. The van der Waals surface area contributed by atoms with Crippen molar-refractivity contribution in [3.63, 3.8) is 0 Å². The van der Waals surface area contributed by atoms with Crippen molar-refractivity contribution in [2.75, 3.05) is 12.4 Å². The summed E-state index contributed by atoms with van der Waals surface area (Å²) in [6, 6.07) is 28.7. The quantitative estimate of drug-likeness (QED) is 0.267. The van der Waals surface area contributed by atoms with Crippen molar-refractivity contribution in [3.05, 3.63) is 107 Å². The minimum absolute atomic E-state index is 0.00838. The van der Waals surface area contributed by atoms with Gasteiger partial charge in [-0.15, -0.1) is 0 Å². The number of ether oxygens (including phenoxy) is 2. The summed E-state index contributed by atoms with van der Waals surface area (Å²) in [6.07, 6.45) is 1.53. The zero-order valence-corrected chi connectivity index (χ0v) is 19.0. The molecule has 0 spiro atoms. The SMILES string of the molecule is COc1cc(/C=C(\C#N)C(=O)Nc2ccccc2)ccc1OCc1c(C)ccc2ccccc12. The molecule has 0 unspecified atom stereocenters. The van der Waals surface area contributed by atoms with E-state index in [0.29, 0.717) is 29.4 Å². The molecule has 34 heavy (non-hydrogen) atoms. The first-order valence-electron chi connectivity index (χ1n) is 10.9. The third kappa shape index (κ3) is 5.08. The van der Waals surface area contributed by atoms with Gasteiger partial charge in [-0.2, -0.15) is 5.26 Å². The molecule has 0 radical (unpaired) electrons. The first-order chi connectivity index (χ1) is 16.6. The molecule has 1 N–H and O–H groups in total. The van der Waals surface area contributed by atoms with Gasteiger partial charge in [0.15, 0.2) is 11.5 Å². The standard InChI is InChI=1S/C29H24N2O3/c1-20-12-14-22-8-6-7-11-25(22)26(20)19-34-27-15-13-21(17-28(27)33-2)16-23(18-30)29(32)31-24-9-4-3-5-10-24/h3-17H,19H2,1-2H3,(H,31,32)/b23-16+. The van der Waals surface area contributed by atoms with E-state index >= 15 is 0 Å². The van der Waals surface area contributed by atoms with Crippen molar-refractivity contribution in [2.24, 2.45) is 0 Å². The predicted molar refractivity (Wildman–Crippen MR) is 135 cm³/mol. The zero-order chi connectivity index (χ0) is 23.9. The van der Waals surface area contributed by atoms with Crippen LogP contribution >= 0.6 is 0 Å². The van der Waals surface area contributed by atoms with Crippen LogP contribution in [0.4, 0.5) is 5.69 Å². The molecule has 0 aromatic heterocycles. The van der Waals surface area contributed by atoms with Crippen LogP contribution in [0.5, 0.6) is 11.5 Å². The molecule has 0 saturated carbocycles. The maximum absolute atomic E-state index is 12.5. The average Bonchev–Trinajstić information content (AvgIpc) is 2.87. The maximum Gasteiger partial charge on any atom is 0.266 e. The van der Waals surface area contributed by atoms with Gasteiger partial charge in [-0.25, -0.2) is 0 Å². The Labute approximate surface area is 198 Å². The van der Waals surface area contributed by atoms with Gasteiger partial charge in [0, 0.05) is 11.3 Å². The second-order valence-corrected chi connectivity index (χ2v) is 7.77. The van der Waals surface area contributed by atoms with Crippen LogP contribution in [0.25, 0.3) is 16.8 Å². The molecule has 5 nitrogen and oxygen atoms in total. The summed E-state index contributed by atoms with van der Waals surface area (Å²) >= 11 is 0. The Morgan fingerprint density at radius 2 is 1.74 bits per heavy atom. The zero-order valence-electron chi connectivity index (χ0n) is 19.0. The summed E-state index contributed by atoms with van der Waals surface area (Å²) in [5, 5.41) is 14.6.